The lowest BCUT2D eigenvalue weighted by atomic mass is 10.1. The zero-order chi connectivity index (χ0) is 12.3. The summed E-state index contributed by atoms with van der Waals surface area (Å²) in [5.74, 6) is 0. The van der Waals surface area contributed by atoms with Gasteiger partial charge in [0.2, 0.25) is 0 Å². The van der Waals surface area contributed by atoms with E-state index in [2.05, 4.69) is 29.0 Å². The third-order valence-corrected chi connectivity index (χ3v) is 2.84. The van der Waals surface area contributed by atoms with Crippen LogP contribution >= 0.6 is 0 Å². The Labute approximate surface area is 102 Å². The first kappa shape index (κ1) is 11.6. The van der Waals surface area contributed by atoms with E-state index < -0.39 is 0 Å². The minimum Gasteiger partial charge on any atom is -0.397 e. The van der Waals surface area contributed by atoms with Gasteiger partial charge in [0.05, 0.1) is 11.4 Å². The summed E-state index contributed by atoms with van der Waals surface area (Å²) in [7, 11) is 0. The Kier molecular flexibility index (Phi) is 3.38. The van der Waals surface area contributed by atoms with Crippen molar-refractivity contribution in [3.8, 4) is 0 Å². The molecular weight excluding hydrogens is 210 g/mol. The molecule has 0 unspecified atom stereocenters. The molecule has 0 aliphatic heterocycles. The lowest BCUT2D eigenvalue weighted by Gasteiger charge is -2.04. The Bertz CT molecular complexity index is 503. The van der Waals surface area contributed by atoms with Crippen molar-refractivity contribution in [3.63, 3.8) is 0 Å². The third-order valence-electron chi connectivity index (χ3n) is 2.84. The number of aromatic nitrogens is 2. The number of nitrogens with zero attached hydrogens (tertiary/aromatic N) is 2. The molecule has 0 bridgehead atoms. The molecule has 0 aliphatic rings. The molecule has 88 valence electrons. The number of aryl methyl sites for hydroxylation is 2. The molecule has 0 fully saturated rings. The maximum atomic E-state index is 5.74. The summed E-state index contributed by atoms with van der Waals surface area (Å²) >= 11 is 0. The second-order valence-corrected chi connectivity index (χ2v) is 4.17. The summed E-state index contributed by atoms with van der Waals surface area (Å²) in [6, 6.07) is 8.04. The van der Waals surface area contributed by atoms with Crippen LogP contribution in [0.15, 0.2) is 30.5 Å². The topological polar surface area (TPSA) is 51.8 Å². The van der Waals surface area contributed by atoms with Crippen molar-refractivity contribution in [3.05, 3.63) is 53.1 Å². The van der Waals surface area contributed by atoms with E-state index in [-0.39, 0.29) is 0 Å². The van der Waals surface area contributed by atoms with Gasteiger partial charge < -0.3 is 5.73 Å². The van der Waals surface area contributed by atoms with E-state index >= 15 is 0 Å². The molecule has 3 nitrogen and oxygen atoms in total. The van der Waals surface area contributed by atoms with Crippen LogP contribution in [0.4, 0.5) is 5.69 Å². The Morgan fingerprint density at radius 2 is 1.88 bits per heavy atom. The van der Waals surface area contributed by atoms with Crippen LogP contribution < -0.4 is 5.73 Å². The average molecular weight is 227 g/mol. The van der Waals surface area contributed by atoms with Gasteiger partial charge in [0.1, 0.15) is 0 Å². The standard InChI is InChI=1S/C14H17N3/c1-3-11-4-5-12(16-9-11)8-13-6-7-14(15)10(2)17-13/h4-7,9H,3,8,15H2,1-2H3. The first-order valence-electron chi connectivity index (χ1n) is 5.85. The first-order chi connectivity index (χ1) is 8.19. The largest absolute Gasteiger partial charge is 0.397 e. The lowest BCUT2D eigenvalue weighted by molar-refractivity contribution is 0.979. The SMILES string of the molecule is CCc1ccc(Cc2ccc(N)c(C)n2)nc1. The van der Waals surface area contributed by atoms with Crippen molar-refractivity contribution < 1.29 is 0 Å². The van der Waals surface area contributed by atoms with Gasteiger partial charge in [-0.05, 0) is 37.1 Å². The molecule has 0 radical (unpaired) electrons. The molecule has 0 saturated carbocycles. The van der Waals surface area contributed by atoms with E-state index in [4.69, 9.17) is 5.73 Å². The number of hydrogen-bond donors (Lipinski definition) is 1. The fourth-order valence-corrected chi connectivity index (χ4v) is 1.68. The van der Waals surface area contributed by atoms with Gasteiger partial charge in [-0.1, -0.05) is 13.0 Å². The maximum Gasteiger partial charge on any atom is 0.0605 e. The summed E-state index contributed by atoms with van der Waals surface area (Å²) in [4.78, 5) is 8.87. The van der Waals surface area contributed by atoms with Crippen molar-refractivity contribution in [2.45, 2.75) is 26.7 Å². The van der Waals surface area contributed by atoms with Gasteiger partial charge in [-0.25, -0.2) is 0 Å². The molecule has 2 aromatic rings. The normalized spacial score (nSPS) is 10.5. The molecule has 0 amide bonds. The Hall–Kier alpha value is -1.90. The molecule has 2 N–H and O–H groups in total. The third kappa shape index (κ3) is 2.81. The number of nitrogen functional groups attached to an aromatic ring is 1. The van der Waals surface area contributed by atoms with Crippen LogP contribution in [0.5, 0.6) is 0 Å². The van der Waals surface area contributed by atoms with Crippen LogP contribution in [0.3, 0.4) is 0 Å². The number of nitrogens with two attached hydrogens (primary N) is 1. The van der Waals surface area contributed by atoms with Crippen molar-refractivity contribution in [2.75, 3.05) is 5.73 Å². The van der Waals surface area contributed by atoms with Crippen molar-refractivity contribution in [2.24, 2.45) is 0 Å². The van der Waals surface area contributed by atoms with Crippen LogP contribution in [0.1, 0.15) is 29.6 Å². The zero-order valence-electron chi connectivity index (χ0n) is 10.3. The highest BCUT2D eigenvalue weighted by Crippen LogP contribution is 2.11. The second-order valence-electron chi connectivity index (χ2n) is 4.17. The highest BCUT2D eigenvalue weighted by atomic mass is 14.8. The van der Waals surface area contributed by atoms with E-state index in [1.165, 1.54) is 5.56 Å². The van der Waals surface area contributed by atoms with Gasteiger partial charge in [-0.2, -0.15) is 0 Å². The summed E-state index contributed by atoms with van der Waals surface area (Å²) in [6.07, 6.45) is 3.71. The molecule has 0 spiro atoms. The highest BCUT2D eigenvalue weighted by molar-refractivity contribution is 5.42. The van der Waals surface area contributed by atoms with E-state index in [9.17, 15) is 0 Å². The van der Waals surface area contributed by atoms with Crippen molar-refractivity contribution >= 4 is 5.69 Å². The maximum absolute atomic E-state index is 5.74. The monoisotopic (exact) mass is 227 g/mol. The minimum atomic E-state index is 0.739. The van der Waals surface area contributed by atoms with E-state index in [1.807, 2.05) is 25.3 Å². The van der Waals surface area contributed by atoms with Crippen LogP contribution in [-0.4, -0.2) is 9.97 Å². The lowest BCUT2D eigenvalue weighted by Crippen LogP contribution is -1.99. The van der Waals surface area contributed by atoms with E-state index in [0.29, 0.717) is 0 Å². The van der Waals surface area contributed by atoms with Crippen molar-refractivity contribution in [1.82, 2.24) is 9.97 Å². The predicted octanol–water partition coefficient (Wildman–Crippen LogP) is 2.52. The van der Waals surface area contributed by atoms with Crippen LogP contribution in [0.2, 0.25) is 0 Å². The van der Waals surface area contributed by atoms with Crippen LogP contribution in [0, 0.1) is 6.92 Å². The Morgan fingerprint density at radius 3 is 2.47 bits per heavy atom. The average Bonchev–Trinajstić information content (AvgIpc) is 2.35. The summed E-state index contributed by atoms with van der Waals surface area (Å²) in [5, 5.41) is 0. The van der Waals surface area contributed by atoms with Gasteiger partial charge in [-0.3, -0.25) is 9.97 Å². The second kappa shape index (κ2) is 4.95. The van der Waals surface area contributed by atoms with Gasteiger partial charge in [0, 0.05) is 24.0 Å². The highest BCUT2D eigenvalue weighted by Gasteiger charge is 2.01. The summed E-state index contributed by atoms with van der Waals surface area (Å²) in [5.41, 5.74) is 10.7. The molecule has 2 aromatic heterocycles. The van der Waals surface area contributed by atoms with Crippen molar-refractivity contribution in [1.29, 1.82) is 0 Å². The predicted molar refractivity (Wildman–Crippen MR) is 69.8 cm³/mol. The van der Waals surface area contributed by atoms with Crippen LogP contribution in [-0.2, 0) is 12.8 Å². The molecule has 2 heterocycles. The van der Waals surface area contributed by atoms with Gasteiger partial charge in [0.25, 0.3) is 0 Å². The number of anilines is 1. The Morgan fingerprint density at radius 1 is 1.12 bits per heavy atom. The summed E-state index contributed by atoms with van der Waals surface area (Å²) in [6.45, 7) is 4.05. The molecule has 0 aromatic carbocycles. The van der Waals surface area contributed by atoms with E-state index in [0.717, 1.165) is 35.6 Å². The number of rotatable bonds is 3. The van der Waals surface area contributed by atoms with Crippen LogP contribution in [0.25, 0.3) is 0 Å². The first-order valence-corrected chi connectivity index (χ1v) is 5.85. The molecule has 0 saturated heterocycles. The summed E-state index contributed by atoms with van der Waals surface area (Å²) < 4.78 is 0. The van der Waals surface area contributed by atoms with Gasteiger partial charge >= 0.3 is 0 Å². The Balaban J connectivity index is 2.16. The van der Waals surface area contributed by atoms with E-state index in [1.54, 1.807) is 0 Å². The number of hydrogen-bond acceptors (Lipinski definition) is 3. The molecule has 2 rings (SSSR count). The smallest absolute Gasteiger partial charge is 0.0605 e. The molecular formula is C14H17N3. The van der Waals surface area contributed by atoms with Gasteiger partial charge in [-0.15, -0.1) is 0 Å². The fourth-order valence-electron chi connectivity index (χ4n) is 1.68. The zero-order valence-corrected chi connectivity index (χ0v) is 10.3. The number of pyridine rings is 2. The minimum absolute atomic E-state index is 0.739. The fraction of sp³-hybridized carbons (Fsp3) is 0.286. The molecule has 17 heavy (non-hydrogen) atoms. The molecule has 3 heteroatoms. The molecule has 0 atom stereocenters. The van der Waals surface area contributed by atoms with Gasteiger partial charge in [0.15, 0.2) is 0 Å². The molecule has 0 aliphatic carbocycles. The quantitative estimate of drug-likeness (QED) is 0.876.